The van der Waals surface area contributed by atoms with Crippen LogP contribution in [0, 0.1) is 12.7 Å². The summed E-state index contributed by atoms with van der Waals surface area (Å²) in [5, 5.41) is 3.39. The molecule has 0 fully saturated rings. The molecule has 0 amide bonds. The van der Waals surface area contributed by atoms with E-state index in [0.717, 1.165) is 12.1 Å². The van der Waals surface area contributed by atoms with Crippen LogP contribution in [0.1, 0.15) is 25.0 Å². The zero-order valence-electron chi connectivity index (χ0n) is 12.4. The zero-order valence-corrected chi connectivity index (χ0v) is 14.0. The van der Waals surface area contributed by atoms with Crippen molar-refractivity contribution in [3.63, 3.8) is 0 Å². The van der Waals surface area contributed by atoms with Crippen molar-refractivity contribution in [1.29, 1.82) is 0 Å². The van der Waals surface area contributed by atoms with Crippen molar-refractivity contribution in [1.82, 2.24) is 5.32 Å². The Morgan fingerprint density at radius 1 is 1.14 bits per heavy atom. The maximum absolute atomic E-state index is 13.5. The van der Waals surface area contributed by atoms with Gasteiger partial charge >= 0.3 is 0 Å². The second kappa shape index (κ2) is 7.05. The first-order chi connectivity index (χ1) is 9.95. The standard InChI is InChI=1S/C17H19BrFNO/c1-11(2)20-10-13-4-5-14(8-12(13)3)21-15-6-7-16(18)17(19)9-15/h4-9,11,20H,10H2,1-3H3. The molecule has 0 aliphatic rings. The molecule has 0 saturated carbocycles. The van der Waals surface area contributed by atoms with Crippen molar-refractivity contribution < 1.29 is 9.13 Å². The predicted molar refractivity (Wildman–Crippen MR) is 87.3 cm³/mol. The molecule has 0 radical (unpaired) electrons. The van der Waals surface area contributed by atoms with Gasteiger partial charge in [0.1, 0.15) is 17.3 Å². The number of benzene rings is 2. The van der Waals surface area contributed by atoms with E-state index in [0.29, 0.717) is 22.0 Å². The molecule has 2 rings (SSSR count). The average molecular weight is 352 g/mol. The van der Waals surface area contributed by atoms with Gasteiger partial charge in [-0.05, 0) is 58.2 Å². The van der Waals surface area contributed by atoms with Crippen molar-refractivity contribution in [2.45, 2.75) is 33.4 Å². The van der Waals surface area contributed by atoms with Gasteiger partial charge in [-0.1, -0.05) is 19.9 Å². The summed E-state index contributed by atoms with van der Waals surface area (Å²) in [4.78, 5) is 0. The van der Waals surface area contributed by atoms with Crippen molar-refractivity contribution in [3.8, 4) is 11.5 Å². The van der Waals surface area contributed by atoms with Crippen molar-refractivity contribution in [3.05, 3.63) is 57.8 Å². The first-order valence-electron chi connectivity index (χ1n) is 6.91. The molecule has 0 saturated heterocycles. The molecule has 4 heteroatoms. The van der Waals surface area contributed by atoms with E-state index >= 15 is 0 Å². The van der Waals surface area contributed by atoms with Crippen molar-refractivity contribution >= 4 is 15.9 Å². The summed E-state index contributed by atoms with van der Waals surface area (Å²) in [6.07, 6.45) is 0. The van der Waals surface area contributed by atoms with E-state index in [2.05, 4.69) is 35.1 Å². The molecule has 0 spiro atoms. The summed E-state index contributed by atoms with van der Waals surface area (Å²) in [6, 6.07) is 11.1. The SMILES string of the molecule is Cc1cc(Oc2ccc(Br)c(F)c2)ccc1CNC(C)C. The van der Waals surface area contributed by atoms with Gasteiger partial charge in [0.25, 0.3) is 0 Å². The molecule has 0 bridgehead atoms. The van der Waals surface area contributed by atoms with Crippen LogP contribution in [-0.4, -0.2) is 6.04 Å². The number of hydrogen-bond donors (Lipinski definition) is 1. The smallest absolute Gasteiger partial charge is 0.141 e. The Kier molecular flexibility index (Phi) is 5.37. The summed E-state index contributed by atoms with van der Waals surface area (Å²) in [6.45, 7) is 7.12. The summed E-state index contributed by atoms with van der Waals surface area (Å²) in [7, 11) is 0. The fourth-order valence-corrected chi connectivity index (χ4v) is 2.17. The van der Waals surface area contributed by atoms with E-state index in [-0.39, 0.29) is 5.82 Å². The van der Waals surface area contributed by atoms with E-state index in [4.69, 9.17) is 4.74 Å². The molecule has 0 aliphatic carbocycles. The number of rotatable bonds is 5. The molecular formula is C17H19BrFNO. The van der Waals surface area contributed by atoms with Crippen LogP contribution in [0.2, 0.25) is 0 Å². The Balaban J connectivity index is 2.10. The number of nitrogens with one attached hydrogen (secondary N) is 1. The molecule has 1 N–H and O–H groups in total. The molecule has 2 nitrogen and oxygen atoms in total. The summed E-state index contributed by atoms with van der Waals surface area (Å²) >= 11 is 3.13. The number of ether oxygens (including phenoxy) is 1. The average Bonchev–Trinajstić information content (AvgIpc) is 2.42. The summed E-state index contributed by atoms with van der Waals surface area (Å²) in [5.74, 6) is 0.868. The quantitative estimate of drug-likeness (QED) is 0.800. The van der Waals surface area contributed by atoms with Gasteiger partial charge in [-0.3, -0.25) is 0 Å². The minimum atomic E-state index is -0.332. The van der Waals surface area contributed by atoms with E-state index in [1.807, 2.05) is 25.1 Å². The minimum Gasteiger partial charge on any atom is -0.457 e. The lowest BCUT2D eigenvalue weighted by Gasteiger charge is -2.12. The highest BCUT2D eigenvalue weighted by Crippen LogP contribution is 2.27. The van der Waals surface area contributed by atoms with Gasteiger partial charge < -0.3 is 10.1 Å². The van der Waals surface area contributed by atoms with Crippen LogP contribution in [0.15, 0.2) is 40.9 Å². The Morgan fingerprint density at radius 3 is 2.43 bits per heavy atom. The highest BCUT2D eigenvalue weighted by molar-refractivity contribution is 9.10. The highest BCUT2D eigenvalue weighted by atomic mass is 79.9. The van der Waals surface area contributed by atoms with E-state index in [1.165, 1.54) is 11.6 Å². The third-order valence-electron chi connectivity index (χ3n) is 3.14. The van der Waals surface area contributed by atoms with Gasteiger partial charge in [0, 0.05) is 18.7 Å². The van der Waals surface area contributed by atoms with Gasteiger partial charge in [0.05, 0.1) is 4.47 Å². The van der Waals surface area contributed by atoms with Crippen LogP contribution in [0.5, 0.6) is 11.5 Å². The third kappa shape index (κ3) is 4.55. The van der Waals surface area contributed by atoms with Crippen molar-refractivity contribution in [2.75, 3.05) is 0 Å². The van der Waals surface area contributed by atoms with E-state index in [1.54, 1.807) is 12.1 Å². The van der Waals surface area contributed by atoms with Crippen molar-refractivity contribution in [2.24, 2.45) is 0 Å². The fourth-order valence-electron chi connectivity index (χ4n) is 1.92. The topological polar surface area (TPSA) is 21.3 Å². The molecular weight excluding hydrogens is 333 g/mol. The van der Waals surface area contributed by atoms with E-state index < -0.39 is 0 Å². The molecule has 112 valence electrons. The van der Waals surface area contributed by atoms with E-state index in [9.17, 15) is 4.39 Å². The molecule has 21 heavy (non-hydrogen) atoms. The monoisotopic (exact) mass is 351 g/mol. The first kappa shape index (κ1) is 16.0. The van der Waals surface area contributed by atoms with Gasteiger partial charge in [-0.15, -0.1) is 0 Å². The Hall–Kier alpha value is -1.39. The molecule has 0 heterocycles. The Morgan fingerprint density at radius 2 is 1.81 bits per heavy atom. The maximum Gasteiger partial charge on any atom is 0.141 e. The number of aryl methyl sites for hydroxylation is 1. The largest absolute Gasteiger partial charge is 0.457 e. The van der Waals surface area contributed by atoms with Crippen LogP contribution in [0.25, 0.3) is 0 Å². The predicted octanol–water partition coefficient (Wildman–Crippen LogP) is 5.19. The number of hydrogen-bond acceptors (Lipinski definition) is 2. The summed E-state index contributed by atoms with van der Waals surface area (Å²) in [5.41, 5.74) is 2.39. The second-order valence-corrected chi connectivity index (χ2v) is 6.16. The molecule has 0 aliphatic heterocycles. The molecule has 0 aromatic heterocycles. The van der Waals surface area contributed by atoms with Gasteiger partial charge in [-0.2, -0.15) is 0 Å². The summed E-state index contributed by atoms with van der Waals surface area (Å²) < 4.78 is 19.6. The normalized spacial score (nSPS) is 11.0. The van der Waals surface area contributed by atoms with Crippen LogP contribution in [0.3, 0.4) is 0 Å². The third-order valence-corrected chi connectivity index (χ3v) is 3.78. The molecule has 2 aromatic carbocycles. The maximum atomic E-state index is 13.5. The van der Waals surface area contributed by atoms with Crippen LogP contribution >= 0.6 is 15.9 Å². The van der Waals surface area contributed by atoms with Gasteiger partial charge in [0.2, 0.25) is 0 Å². The minimum absolute atomic E-state index is 0.332. The molecule has 2 aromatic rings. The first-order valence-corrected chi connectivity index (χ1v) is 7.71. The van der Waals surface area contributed by atoms with Gasteiger partial charge in [-0.25, -0.2) is 4.39 Å². The van der Waals surface area contributed by atoms with Crippen LogP contribution < -0.4 is 10.1 Å². The highest BCUT2D eigenvalue weighted by Gasteiger charge is 2.05. The van der Waals surface area contributed by atoms with Gasteiger partial charge in [0.15, 0.2) is 0 Å². The lowest BCUT2D eigenvalue weighted by atomic mass is 10.1. The second-order valence-electron chi connectivity index (χ2n) is 5.30. The number of halogens is 2. The van der Waals surface area contributed by atoms with Crippen LogP contribution in [0.4, 0.5) is 4.39 Å². The Bertz CT molecular complexity index is 628. The Labute approximate surface area is 133 Å². The fraction of sp³-hybridized carbons (Fsp3) is 0.294. The lowest BCUT2D eigenvalue weighted by molar-refractivity contribution is 0.475. The lowest BCUT2D eigenvalue weighted by Crippen LogP contribution is -2.22. The molecule has 0 atom stereocenters. The van der Waals surface area contributed by atoms with Crippen LogP contribution in [-0.2, 0) is 6.54 Å². The zero-order chi connectivity index (χ0) is 15.4. The molecule has 0 unspecified atom stereocenters.